The zero-order valence-corrected chi connectivity index (χ0v) is 12.5. The summed E-state index contributed by atoms with van der Waals surface area (Å²) in [4.78, 5) is 15.4. The summed E-state index contributed by atoms with van der Waals surface area (Å²) in [5.41, 5.74) is 2.71. The second kappa shape index (κ2) is 6.78. The van der Waals surface area contributed by atoms with E-state index in [9.17, 15) is 4.79 Å². The summed E-state index contributed by atoms with van der Waals surface area (Å²) in [6.07, 6.45) is 3.20. The van der Waals surface area contributed by atoms with Crippen LogP contribution in [0.3, 0.4) is 0 Å². The van der Waals surface area contributed by atoms with Crippen molar-refractivity contribution in [3.05, 3.63) is 42.5 Å². The van der Waals surface area contributed by atoms with Crippen molar-refractivity contribution >= 4 is 17.5 Å². The molecule has 0 unspecified atom stereocenters. The van der Waals surface area contributed by atoms with Gasteiger partial charge in [0.2, 0.25) is 0 Å². The smallest absolute Gasteiger partial charge is 0.411 e. The van der Waals surface area contributed by atoms with Gasteiger partial charge >= 0.3 is 6.09 Å². The van der Waals surface area contributed by atoms with E-state index in [1.54, 1.807) is 6.07 Å². The Kier molecular flexibility index (Phi) is 4.81. The molecule has 6 heteroatoms. The lowest BCUT2D eigenvalue weighted by Crippen LogP contribution is -2.11. The Morgan fingerprint density at radius 1 is 1.38 bits per heavy atom. The fourth-order valence-electron chi connectivity index (χ4n) is 2.00. The van der Waals surface area contributed by atoms with Crippen molar-refractivity contribution < 1.29 is 9.53 Å². The van der Waals surface area contributed by atoms with Gasteiger partial charge in [-0.3, -0.25) is 5.32 Å². The zero-order chi connectivity index (χ0) is 15.2. The van der Waals surface area contributed by atoms with Crippen molar-refractivity contribution in [1.29, 1.82) is 0 Å². The quantitative estimate of drug-likeness (QED) is 0.886. The van der Waals surface area contributed by atoms with E-state index >= 15 is 0 Å². The van der Waals surface area contributed by atoms with E-state index in [0.717, 1.165) is 11.4 Å². The van der Waals surface area contributed by atoms with Gasteiger partial charge in [0, 0.05) is 23.6 Å². The monoisotopic (exact) mass is 288 g/mol. The predicted molar refractivity (Wildman–Crippen MR) is 82.4 cm³/mol. The Balaban J connectivity index is 2.01. The van der Waals surface area contributed by atoms with Crippen LogP contribution in [0.15, 0.2) is 36.8 Å². The van der Waals surface area contributed by atoms with E-state index in [4.69, 9.17) is 0 Å². The highest BCUT2D eigenvalue weighted by Gasteiger charge is 2.06. The van der Waals surface area contributed by atoms with Crippen LogP contribution in [0, 0.1) is 0 Å². The van der Waals surface area contributed by atoms with Crippen LogP contribution in [-0.4, -0.2) is 22.8 Å². The fraction of sp³-hybridized carbons (Fsp3) is 0.333. The van der Waals surface area contributed by atoms with E-state index in [0.29, 0.717) is 18.3 Å². The SMILES string of the molecule is COC(=O)Nc1cccc(NCc2cncn2C(C)C)c1. The third kappa shape index (κ3) is 3.98. The summed E-state index contributed by atoms with van der Waals surface area (Å²) >= 11 is 0. The van der Waals surface area contributed by atoms with Crippen molar-refractivity contribution in [1.82, 2.24) is 9.55 Å². The first-order valence-electron chi connectivity index (χ1n) is 6.79. The molecule has 112 valence electrons. The Labute approximate surface area is 124 Å². The molecular weight excluding hydrogens is 268 g/mol. The molecule has 0 saturated heterocycles. The molecule has 2 N–H and O–H groups in total. The standard InChI is InChI=1S/C15H20N4O2/c1-11(2)19-10-16-8-14(19)9-17-12-5-4-6-13(7-12)18-15(20)21-3/h4-8,10-11,17H,9H2,1-3H3,(H,18,20). The first-order valence-corrected chi connectivity index (χ1v) is 6.79. The van der Waals surface area contributed by atoms with Crippen molar-refractivity contribution in [2.24, 2.45) is 0 Å². The molecular formula is C15H20N4O2. The topological polar surface area (TPSA) is 68.2 Å². The number of carbonyl (C=O) groups excluding carboxylic acids is 1. The molecule has 21 heavy (non-hydrogen) atoms. The second-order valence-corrected chi connectivity index (χ2v) is 4.94. The number of nitrogens with one attached hydrogen (secondary N) is 2. The van der Waals surface area contributed by atoms with E-state index in [1.807, 2.05) is 30.7 Å². The lowest BCUT2D eigenvalue weighted by Gasteiger charge is -2.13. The Hall–Kier alpha value is -2.50. The van der Waals surface area contributed by atoms with Crippen LogP contribution in [-0.2, 0) is 11.3 Å². The van der Waals surface area contributed by atoms with Crippen LogP contribution in [0.4, 0.5) is 16.2 Å². The first-order chi connectivity index (χ1) is 10.1. The summed E-state index contributed by atoms with van der Waals surface area (Å²) in [6, 6.07) is 7.84. The molecule has 0 bridgehead atoms. The van der Waals surface area contributed by atoms with Crippen LogP contribution in [0.5, 0.6) is 0 Å². The van der Waals surface area contributed by atoms with Gasteiger partial charge in [-0.15, -0.1) is 0 Å². The van der Waals surface area contributed by atoms with Crippen molar-refractivity contribution in [3.8, 4) is 0 Å². The van der Waals surface area contributed by atoms with Gasteiger partial charge in [0.1, 0.15) is 0 Å². The maximum Gasteiger partial charge on any atom is 0.411 e. The minimum absolute atomic E-state index is 0.372. The molecule has 0 saturated carbocycles. The highest BCUT2D eigenvalue weighted by Crippen LogP contribution is 2.17. The fourth-order valence-corrected chi connectivity index (χ4v) is 2.00. The average Bonchev–Trinajstić information content (AvgIpc) is 2.94. The lowest BCUT2D eigenvalue weighted by molar-refractivity contribution is 0.187. The molecule has 0 fully saturated rings. The summed E-state index contributed by atoms with van der Waals surface area (Å²) < 4.78 is 6.69. The summed E-state index contributed by atoms with van der Waals surface area (Å²) in [5, 5.41) is 5.96. The van der Waals surface area contributed by atoms with E-state index in [2.05, 4.69) is 38.8 Å². The van der Waals surface area contributed by atoms with E-state index in [-0.39, 0.29) is 0 Å². The lowest BCUT2D eigenvalue weighted by atomic mass is 10.2. The molecule has 6 nitrogen and oxygen atoms in total. The number of hydrogen-bond acceptors (Lipinski definition) is 4. The number of carbonyl (C=O) groups is 1. The number of rotatable bonds is 5. The Morgan fingerprint density at radius 2 is 2.14 bits per heavy atom. The van der Waals surface area contributed by atoms with Crippen LogP contribution in [0.25, 0.3) is 0 Å². The van der Waals surface area contributed by atoms with Crippen molar-refractivity contribution in [2.45, 2.75) is 26.4 Å². The molecule has 1 aromatic heterocycles. The number of amides is 1. The maximum atomic E-state index is 11.2. The first kappa shape index (κ1) is 14.9. The van der Waals surface area contributed by atoms with Gasteiger partial charge in [-0.05, 0) is 32.0 Å². The normalized spacial score (nSPS) is 10.5. The molecule has 0 aliphatic heterocycles. The third-order valence-corrected chi connectivity index (χ3v) is 3.07. The molecule has 2 aromatic rings. The summed E-state index contributed by atoms with van der Waals surface area (Å²) in [6.45, 7) is 4.90. The molecule has 1 heterocycles. The number of nitrogens with zero attached hydrogens (tertiary/aromatic N) is 2. The number of methoxy groups -OCH3 is 1. The van der Waals surface area contributed by atoms with Gasteiger partial charge in [0.25, 0.3) is 0 Å². The molecule has 1 amide bonds. The molecule has 0 spiro atoms. The number of aromatic nitrogens is 2. The van der Waals surface area contributed by atoms with Crippen LogP contribution >= 0.6 is 0 Å². The Morgan fingerprint density at radius 3 is 2.86 bits per heavy atom. The van der Waals surface area contributed by atoms with Crippen LogP contribution in [0.1, 0.15) is 25.6 Å². The third-order valence-electron chi connectivity index (χ3n) is 3.07. The number of anilines is 2. The highest BCUT2D eigenvalue weighted by atomic mass is 16.5. The van der Waals surface area contributed by atoms with Gasteiger partial charge in [-0.2, -0.15) is 0 Å². The van der Waals surface area contributed by atoms with Gasteiger partial charge in [-0.25, -0.2) is 9.78 Å². The van der Waals surface area contributed by atoms with E-state index in [1.165, 1.54) is 7.11 Å². The molecule has 0 atom stereocenters. The van der Waals surface area contributed by atoms with E-state index < -0.39 is 6.09 Å². The van der Waals surface area contributed by atoms with Crippen molar-refractivity contribution in [2.75, 3.05) is 17.7 Å². The number of benzene rings is 1. The van der Waals surface area contributed by atoms with Gasteiger partial charge in [0.05, 0.1) is 25.7 Å². The molecule has 0 aliphatic carbocycles. The molecule has 0 aliphatic rings. The second-order valence-electron chi connectivity index (χ2n) is 4.94. The van der Waals surface area contributed by atoms with Crippen LogP contribution in [0.2, 0.25) is 0 Å². The number of hydrogen-bond donors (Lipinski definition) is 2. The Bertz CT molecular complexity index is 607. The summed E-state index contributed by atoms with van der Waals surface area (Å²) in [7, 11) is 1.34. The minimum Gasteiger partial charge on any atom is -0.453 e. The van der Waals surface area contributed by atoms with Gasteiger partial charge < -0.3 is 14.6 Å². The number of imidazole rings is 1. The summed E-state index contributed by atoms with van der Waals surface area (Å²) in [5.74, 6) is 0. The van der Waals surface area contributed by atoms with Crippen molar-refractivity contribution in [3.63, 3.8) is 0 Å². The van der Waals surface area contributed by atoms with Gasteiger partial charge in [0.15, 0.2) is 0 Å². The maximum absolute atomic E-state index is 11.2. The highest BCUT2D eigenvalue weighted by molar-refractivity contribution is 5.85. The minimum atomic E-state index is -0.481. The molecule has 0 radical (unpaired) electrons. The predicted octanol–water partition coefficient (Wildman–Crippen LogP) is 3.25. The average molecular weight is 288 g/mol. The van der Waals surface area contributed by atoms with Crippen LogP contribution < -0.4 is 10.6 Å². The largest absolute Gasteiger partial charge is 0.453 e. The zero-order valence-electron chi connectivity index (χ0n) is 12.5. The molecule has 1 aromatic carbocycles. The number of ether oxygens (including phenoxy) is 1. The molecule has 2 rings (SSSR count). The van der Waals surface area contributed by atoms with Gasteiger partial charge in [-0.1, -0.05) is 6.07 Å².